The molecule has 7 heteroatoms. The van der Waals surface area contributed by atoms with Gasteiger partial charge in [-0.3, -0.25) is 19.2 Å². The monoisotopic (exact) mass is 296 g/mol. The molecule has 1 aromatic carbocycles. The lowest BCUT2D eigenvalue weighted by atomic mass is 9.74. The number of carbonyl (C=O) groups is 2. The van der Waals surface area contributed by atoms with E-state index in [1.807, 2.05) is 0 Å². The Hall–Kier alpha value is -1.99. The van der Waals surface area contributed by atoms with Crippen molar-refractivity contribution in [2.45, 2.75) is 18.3 Å². The highest BCUT2D eigenvalue weighted by Crippen LogP contribution is 2.36. The van der Waals surface area contributed by atoms with E-state index in [9.17, 15) is 14.0 Å². The minimum absolute atomic E-state index is 0.0219. The van der Waals surface area contributed by atoms with Crippen LogP contribution in [0.15, 0.2) is 18.2 Å². The summed E-state index contributed by atoms with van der Waals surface area (Å²) in [5, 5.41) is 8.77. The number of hydroxylamine groups is 1. The van der Waals surface area contributed by atoms with Crippen molar-refractivity contribution in [2.75, 3.05) is 19.9 Å². The summed E-state index contributed by atoms with van der Waals surface area (Å²) in [6, 6.07) is 4.39. The van der Waals surface area contributed by atoms with Gasteiger partial charge in [-0.25, -0.2) is 5.48 Å². The Morgan fingerprint density at radius 2 is 2.00 bits per heavy atom. The summed E-state index contributed by atoms with van der Waals surface area (Å²) in [5.41, 5.74) is 6.45. The van der Waals surface area contributed by atoms with Crippen LogP contribution in [0.1, 0.15) is 39.1 Å². The molecule has 0 atom stereocenters. The third-order valence-electron chi connectivity index (χ3n) is 3.95. The van der Waals surface area contributed by atoms with Crippen molar-refractivity contribution in [1.82, 2.24) is 5.48 Å². The number of alkyl halides is 1. The van der Waals surface area contributed by atoms with Gasteiger partial charge in [0.05, 0.1) is 17.8 Å². The number of nitrogens with two attached hydrogens (primary N) is 1. The highest BCUT2D eigenvalue weighted by molar-refractivity contribution is 6.06. The molecule has 1 fully saturated rings. The molecule has 0 bridgehead atoms. The maximum absolute atomic E-state index is 13.6. The molecule has 114 valence electrons. The molecule has 2 amide bonds. The highest BCUT2D eigenvalue weighted by atomic mass is 19.1. The van der Waals surface area contributed by atoms with Crippen LogP contribution >= 0.6 is 0 Å². The number of amides is 2. The fourth-order valence-electron chi connectivity index (χ4n) is 2.60. The second-order valence-electron chi connectivity index (χ2n) is 5.09. The lowest BCUT2D eigenvalue weighted by Gasteiger charge is -2.35. The van der Waals surface area contributed by atoms with Crippen molar-refractivity contribution in [1.29, 1.82) is 0 Å². The van der Waals surface area contributed by atoms with Crippen LogP contribution in [-0.4, -0.2) is 36.9 Å². The number of carbonyl (C=O) groups excluding carboxylic acids is 2. The van der Waals surface area contributed by atoms with E-state index in [2.05, 4.69) is 0 Å². The molecule has 1 aromatic rings. The molecule has 2 rings (SSSR count). The van der Waals surface area contributed by atoms with Gasteiger partial charge in [-0.15, -0.1) is 0 Å². The second-order valence-corrected chi connectivity index (χ2v) is 5.09. The number of ether oxygens (including phenoxy) is 1. The first-order valence-electron chi connectivity index (χ1n) is 6.56. The zero-order chi connectivity index (χ0) is 15.5. The van der Waals surface area contributed by atoms with Crippen molar-refractivity contribution in [2.24, 2.45) is 5.73 Å². The van der Waals surface area contributed by atoms with Crippen molar-refractivity contribution < 1.29 is 23.9 Å². The van der Waals surface area contributed by atoms with Gasteiger partial charge in [0.25, 0.3) is 5.91 Å². The highest BCUT2D eigenvalue weighted by Gasteiger charge is 2.35. The van der Waals surface area contributed by atoms with E-state index < -0.39 is 23.9 Å². The van der Waals surface area contributed by atoms with Gasteiger partial charge in [0.15, 0.2) is 0 Å². The molecule has 0 saturated carbocycles. The zero-order valence-corrected chi connectivity index (χ0v) is 11.4. The summed E-state index contributed by atoms with van der Waals surface area (Å²) in [5.74, 6) is -1.65. The number of rotatable bonds is 4. The Kier molecular flexibility index (Phi) is 4.54. The van der Waals surface area contributed by atoms with Gasteiger partial charge in [0.2, 0.25) is 5.91 Å². The van der Waals surface area contributed by atoms with E-state index in [0.29, 0.717) is 31.6 Å². The van der Waals surface area contributed by atoms with Gasteiger partial charge in [-0.2, -0.15) is 0 Å². The molecule has 1 aliphatic heterocycles. The third-order valence-corrected chi connectivity index (χ3v) is 3.95. The molecule has 0 aromatic heterocycles. The summed E-state index contributed by atoms with van der Waals surface area (Å²) in [7, 11) is 0. The Balaban J connectivity index is 2.50. The molecule has 4 N–H and O–H groups in total. The van der Waals surface area contributed by atoms with Crippen molar-refractivity contribution in [3.63, 3.8) is 0 Å². The van der Waals surface area contributed by atoms with Crippen molar-refractivity contribution >= 4 is 11.8 Å². The van der Waals surface area contributed by atoms with E-state index in [1.54, 1.807) is 6.07 Å². The summed E-state index contributed by atoms with van der Waals surface area (Å²) < 4.78 is 18.8. The predicted molar refractivity (Wildman–Crippen MR) is 71.9 cm³/mol. The van der Waals surface area contributed by atoms with Crippen LogP contribution in [0, 0.1) is 0 Å². The lowest BCUT2D eigenvalue weighted by Crippen LogP contribution is -2.36. The summed E-state index contributed by atoms with van der Waals surface area (Å²) in [4.78, 5) is 23.0. The van der Waals surface area contributed by atoms with E-state index in [1.165, 1.54) is 17.6 Å². The number of hydrogen-bond donors (Lipinski definition) is 3. The molecule has 0 spiro atoms. The average Bonchev–Trinajstić information content (AvgIpc) is 2.54. The van der Waals surface area contributed by atoms with E-state index in [0.717, 1.165) is 0 Å². The second kappa shape index (κ2) is 6.19. The number of halogens is 1. The topological polar surface area (TPSA) is 102 Å². The van der Waals surface area contributed by atoms with Crippen LogP contribution in [0.2, 0.25) is 0 Å². The fourth-order valence-corrected chi connectivity index (χ4v) is 2.60. The third kappa shape index (κ3) is 2.88. The average molecular weight is 296 g/mol. The summed E-state index contributed by atoms with van der Waals surface area (Å²) >= 11 is 0. The van der Waals surface area contributed by atoms with Crippen LogP contribution in [0.3, 0.4) is 0 Å². The number of benzene rings is 1. The maximum Gasteiger partial charge on any atom is 0.275 e. The minimum atomic E-state index is -0.855. The van der Waals surface area contributed by atoms with Gasteiger partial charge in [0, 0.05) is 18.6 Å². The Morgan fingerprint density at radius 1 is 1.33 bits per heavy atom. The number of primary amides is 1. The van der Waals surface area contributed by atoms with Crippen LogP contribution < -0.4 is 11.2 Å². The molecule has 1 heterocycles. The van der Waals surface area contributed by atoms with Crippen molar-refractivity contribution in [3.05, 3.63) is 34.9 Å². The van der Waals surface area contributed by atoms with Gasteiger partial charge >= 0.3 is 0 Å². The van der Waals surface area contributed by atoms with Gasteiger partial charge in [0.1, 0.15) is 0 Å². The largest absolute Gasteiger partial charge is 0.381 e. The molecule has 0 radical (unpaired) electrons. The van der Waals surface area contributed by atoms with Crippen LogP contribution in [0.4, 0.5) is 4.39 Å². The Bertz CT molecular complexity index is 556. The van der Waals surface area contributed by atoms with Crippen LogP contribution in [-0.2, 0) is 10.2 Å². The van der Waals surface area contributed by atoms with Crippen LogP contribution in [0.5, 0.6) is 0 Å². The van der Waals surface area contributed by atoms with Gasteiger partial charge in [-0.05, 0) is 30.5 Å². The first-order valence-corrected chi connectivity index (χ1v) is 6.56. The Morgan fingerprint density at radius 3 is 2.52 bits per heavy atom. The predicted octanol–water partition coefficient (Wildman–Crippen LogP) is 0.922. The van der Waals surface area contributed by atoms with Crippen LogP contribution in [0.25, 0.3) is 0 Å². The van der Waals surface area contributed by atoms with Crippen molar-refractivity contribution in [3.8, 4) is 0 Å². The molecule has 6 nitrogen and oxygen atoms in total. The first-order chi connectivity index (χ1) is 10.0. The summed E-state index contributed by atoms with van der Waals surface area (Å²) in [6.07, 6.45) is 0.971. The molecule has 1 aliphatic rings. The molecule has 21 heavy (non-hydrogen) atoms. The minimum Gasteiger partial charge on any atom is -0.381 e. The molecule has 0 aliphatic carbocycles. The zero-order valence-electron chi connectivity index (χ0n) is 11.4. The van der Waals surface area contributed by atoms with E-state index in [-0.39, 0.29) is 11.1 Å². The van der Waals surface area contributed by atoms with E-state index >= 15 is 0 Å². The number of nitrogens with one attached hydrogen (secondary N) is 1. The normalized spacial score (nSPS) is 17.2. The van der Waals surface area contributed by atoms with E-state index in [4.69, 9.17) is 15.7 Å². The SMILES string of the molecule is NC(=O)c1ccc(C2(CF)CCOCC2)cc1C(=O)NO. The van der Waals surface area contributed by atoms with Gasteiger partial charge < -0.3 is 10.5 Å². The molecule has 0 unspecified atom stereocenters. The molecular formula is C14H17FN2O4. The fraction of sp³-hybridized carbons (Fsp3) is 0.429. The first kappa shape index (κ1) is 15.4. The Labute approximate surface area is 121 Å². The van der Waals surface area contributed by atoms with Gasteiger partial charge in [-0.1, -0.05) is 6.07 Å². The number of hydrogen-bond acceptors (Lipinski definition) is 4. The lowest BCUT2D eigenvalue weighted by molar-refractivity contribution is 0.0401. The smallest absolute Gasteiger partial charge is 0.275 e. The molecular weight excluding hydrogens is 279 g/mol. The summed E-state index contributed by atoms with van der Waals surface area (Å²) in [6.45, 7) is 0.276. The maximum atomic E-state index is 13.6. The quantitative estimate of drug-likeness (QED) is 0.568. The molecule has 1 saturated heterocycles. The standard InChI is InChI=1S/C14H17FN2O4/c15-8-14(3-5-21-6-4-14)9-1-2-10(12(16)18)11(7-9)13(19)17-20/h1-2,7,20H,3-6,8H2,(H2,16,18)(H,17,19).